The molecule has 0 saturated carbocycles. The molecule has 0 bridgehead atoms. The molecule has 0 amide bonds. The first-order valence-corrected chi connectivity index (χ1v) is 3.17. The number of hydrogen-bond donors (Lipinski definition) is 2. The smallest absolute Gasteiger partial charge is 0.183 e. The van der Waals surface area contributed by atoms with Gasteiger partial charge in [0.25, 0.3) is 0 Å². The van der Waals surface area contributed by atoms with Crippen LogP contribution in [0.15, 0.2) is 10.7 Å². The standard InChI is InChI=1S/C6H8N2OS/c1-3-2-9-5(4(3)7)6(8)10/h2H,7H2,1H3,(H2,8,10). The normalized spacial score (nSPS) is 9.70. The first-order chi connectivity index (χ1) is 4.63. The molecule has 0 spiro atoms. The highest BCUT2D eigenvalue weighted by molar-refractivity contribution is 7.80. The lowest BCUT2D eigenvalue weighted by Crippen LogP contribution is -2.10. The molecule has 3 nitrogen and oxygen atoms in total. The fraction of sp³-hybridized carbons (Fsp3) is 0.167. The minimum absolute atomic E-state index is 0.200. The van der Waals surface area contributed by atoms with E-state index in [2.05, 4.69) is 12.2 Å². The Balaban J connectivity index is 3.17. The van der Waals surface area contributed by atoms with E-state index in [1.807, 2.05) is 6.92 Å². The predicted molar refractivity (Wildman–Crippen MR) is 43.7 cm³/mol. The van der Waals surface area contributed by atoms with Crippen molar-refractivity contribution in [2.75, 3.05) is 5.73 Å². The van der Waals surface area contributed by atoms with Crippen LogP contribution in [0.4, 0.5) is 5.69 Å². The van der Waals surface area contributed by atoms with Crippen LogP contribution < -0.4 is 11.5 Å². The largest absolute Gasteiger partial charge is 0.459 e. The summed E-state index contributed by atoms with van der Waals surface area (Å²) in [5, 5.41) is 0. The summed E-state index contributed by atoms with van der Waals surface area (Å²) >= 11 is 4.67. The second-order valence-corrected chi connectivity index (χ2v) is 2.47. The van der Waals surface area contributed by atoms with Crippen molar-refractivity contribution >= 4 is 22.9 Å². The van der Waals surface area contributed by atoms with E-state index >= 15 is 0 Å². The van der Waals surface area contributed by atoms with Crippen LogP contribution in [0.5, 0.6) is 0 Å². The number of furan rings is 1. The van der Waals surface area contributed by atoms with Crippen LogP contribution in [0.25, 0.3) is 0 Å². The SMILES string of the molecule is Cc1coc(C(N)=S)c1N. The Bertz CT molecular complexity index is 267. The van der Waals surface area contributed by atoms with Gasteiger partial charge in [-0.3, -0.25) is 0 Å². The molecule has 54 valence electrons. The summed E-state index contributed by atoms with van der Waals surface area (Å²) in [6, 6.07) is 0. The third-order valence-electron chi connectivity index (χ3n) is 1.25. The Morgan fingerprint density at radius 2 is 2.30 bits per heavy atom. The quantitative estimate of drug-likeness (QED) is 0.590. The van der Waals surface area contributed by atoms with Crippen molar-refractivity contribution in [3.05, 3.63) is 17.6 Å². The first kappa shape index (κ1) is 7.08. The Labute approximate surface area is 64.0 Å². The van der Waals surface area contributed by atoms with Crippen LogP contribution in [0.3, 0.4) is 0 Å². The number of nitrogen functional groups attached to an aromatic ring is 1. The van der Waals surface area contributed by atoms with Gasteiger partial charge in [0.1, 0.15) is 4.99 Å². The zero-order valence-corrected chi connectivity index (χ0v) is 6.37. The summed E-state index contributed by atoms with van der Waals surface area (Å²) in [5.74, 6) is 0.410. The minimum Gasteiger partial charge on any atom is -0.459 e. The third-order valence-corrected chi connectivity index (χ3v) is 1.43. The van der Waals surface area contributed by atoms with Gasteiger partial charge in [0.05, 0.1) is 12.0 Å². The number of nitrogens with two attached hydrogens (primary N) is 2. The molecule has 0 unspecified atom stereocenters. The molecule has 0 radical (unpaired) electrons. The Hall–Kier alpha value is -1.03. The van der Waals surface area contributed by atoms with Crippen molar-refractivity contribution in [2.24, 2.45) is 5.73 Å². The molecule has 1 aromatic rings. The molecule has 10 heavy (non-hydrogen) atoms. The lowest BCUT2D eigenvalue weighted by Gasteiger charge is -1.92. The highest BCUT2D eigenvalue weighted by Gasteiger charge is 2.08. The molecule has 0 aliphatic heterocycles. The Morgan fingerprint density at radius 3 is 2.50 bits per heavy atom. The third kappa shape index (κ3) is 0.974. The van der Waals surface area contributed by atoms with Gasteiger partial charge < -0.3 is 15.9 Å². The molecular formula is C6H8N2OS. The van der Waals surface area contributed by atoms with Crippen LogP contribution >= 0.6 is 12.2 Å². The van der Waals surface area contributed by atoms with Crippen molar-refractivity contribution in [1.29, 1.82) is 0 Å². The van der Waals surface area contributed by atoms with E-state index in [-0.39, 0.29) is 4.99 Å². The van der Waals surface area contributed by atoms with Gasteiger partial charge >= 0.3 is 0 Å². The molecule has 0 fully saturated rings. The van der Waals surface area contributed by atoms with Crippen molar-refractivity contribution < 1.29 is 4.42 Å². The first-order valence-electron chi connectivity index (χ1n) is 2.76. The van der Waals surface area contributed by atoms with E-state index in [9.17, 15) is 0 Å². The van der Waals surface area contributed by atoms with E-state index < -0.39 is 0 Å². The zero-order chi connectivity index (χ0) is 7.72. The average Bonchev–Trinajstić information content (AvgIpc) is 2.14. The molecule has 0 saturated heterocycles. The molecule has 4 heteroatoms. The number of aryl methyl sites for hydroxylation is 1. The minimum atomic E-state index is 0.200. The second kappa shape index (κ2) is 2.30. The Morgan fingerprint density at radius 1 is 1.70 bits per heavy atom. The van der Waals surface area contributed by atoms with Crippen LogP contribution in [-0.4, -0.2) is 4.99 Å². The number of anilines is 1. The van der Waals surface area contributed by atoms with E-state index in [1.54, 1.807) is 0 Å². The van der Waals surface area contributed by atoms with E-state index in [0.29, 0.717) is 11.4 Å². The van der Waals surface area contributed by atoms with Gasteiger partial charge in [-0.15, -0.1) is 0 Å². The van der Waals surface area contributed by atoms with Gasteiger partial charge in [0, 0.05) is 5.56 Å². The van der Waals surface area contributed by atoms with Gasteiger partial charge in [0.2, 0.25) is 0 Å². The molecule has 1 rings (SSSR count). The summed E-state index contributed by atoms with van der Waals surface area (Å²) in [6.45, 7) is 1.83. The Kier molecular flexibility index (Phi) is 1.63. The fourth-order valence-corrected chi connectivity index (χ4v) is 0.802. The molecule has 1 heterocycles. The maximum Gasteiger partial charge on any atom is 0.183 e. The van der Waals surface area contributed by atoms with Gasteiger partial charge in [-0.25, -0.2) is 0 Å². The summed E-state index contributed by atoms with van der Waals surface area (Å²) in [5.41, 5.74) is 12.2. The molecule has 1 aromatic heterocycles. The summed E-state index contributed by atoms with van der Waals surface area (Å²) in [4.78, 5) is 0.200. The second-order valence-electron chi connectivity index (χ2n) is 2.03. The monoisotopic (exact) mass is 156 g/mol. The highest BCUT2D eigenvalue weighted by Crippen LogP contribution is 2.17. The van der Waals surface area contributed by atoms with Gasteiger partial charge in [-0.05, 0) is 6.92 Å². The van der Waals surface area contributed by atoms with Crippen molar-refractivity contribution in [2.45, 2.75) is 6.92 Å². The summed E-state index contributed by atoms with van der Waals surface area (Å²) in [6.07, 6.45) is 1.53. The van der Waals surface area contributed by atoms with Crippen molar-refractivity contribution in [3.63, 3.8) is 0 Å². The lowest BCUT2D eigenvalue weighted by molar-refractivity contribution is 0.558. The lowest BCUT2D eigenvalue weighted by atomic mass is 10.3. The number of rotatable bonds is 1. The van der Waals surface area contributed by atoms with Crippen molar-refractivity contribution in [3.8, 4) is 0 Å². The van der Waals surface area contributed by atoms with Gasteiger partial charge in [-0.2, -0.15) is 0 Å². The van der Waals surface area contributed by atoms with Gasteiger partial charge in [0.15, 0.2) is 5.76 Å². The van der Waals surface area contributed by atoms with Gasteiger partial charge in [-0.1, -0.05) is 12.2 Å². The van der Waals surface area contributed by atoms with Crippen molar-refractivity contribution in [1.82, 2.24) is 0 Å². The number of hydrogen-bond acceptors (Lipinski definition) is 3. The van der Waals surface area contributed by atoms with E-state index in [0.717, 1.165) is 5.56 Å². The zero-order valence-electron chi connectivity index (χ0n) is 5.55. The molecule has 0 aliphatic rings. The molecule has 0 aliphatic carbocycles. The molecule has 0 atom stereocenters. The average molecular weight is 156 g/mol. The van der Waals surface area contributed by atoms with E-state index in [1.165, 1.54) is 6.26 Å². The van der Waals surface area contributed by atoms with E-state index in [4.69, 9.17) is 15.9 Å². The summed E-state index contributed by atoms with van der Waals surface area (Å²) < 4.78 is 4.97. The maximum atomic E-state index is 5.54. The number of thiocarbonyl (C=S) groups is 1. The molecule has 0 aromatic carbocycles. The predicted octanol–water partition coefficient (Wildman–Crippen LogP) is 0.804. The topological polar surface area (TPSA) is 65.2 Å². The fourth-order valence-electron chi connectivity index (χ4n) is 0.644. The van der Waals surface area contributed by atoms with Crippen LogP contribution in [0.2, 0.25) is 0 Å². The summed E-state index contributed by atoms with van der Waals surface area (Å²) in [7, 11) is 0. The molecular weight excluding hydrogens is 148 g/mol. The van der Waals surface area contributed by atoms with Crippen LogP contribution in [0, 0.1) is 6.92 Å². The van der Waals surface area contributed by atoms with Crippen LogP contribution in [-0.2, 0) is 0 Å². The van der Waals surface area contributed by atoms with Crippen LogP contribution in [0.1, 0.15) is 11.3 Å². The highest BCUT2D eigenvalue weighted by atomic mass is 32.1. The molecule has 4 N–H and O–H groups in total. The maximum absolute atomic E-state index is 5.54.